The molecule has 1 saturated carbocycles. The number of nitrogens with one attached hydrogen (secondary N) is 1. The molecule has 4 rings (SSSR count). The number of carboxylic acid groups (broad SMARTS) is 1. The Bertz CT molecular complexity index is 1040. The summed E-state index contributed by atoms with van der Waals surface area (Å²) >= 11 is 0. The first-order chi connectivity index (χ1) is 16.2. The lowest BCUT2D eigenvalue weighted by atomic mass is 9.85. The van der Waals surface area contributed by atoms with Crippen LogP contribution in [0.1, 0.15) is 64.9 Å². The van der Waals surface area contributed by atoms with Gasteiger partial charge in [-0.1, -0.05) is 26.8 Å². The number of aliphatic carboxylic acids is 1. The summed E-state index contributed by atoms with van der Waals surface area (Å²) in [6.07, 6.45) is 6.35. The number of hydrogen-bond donors (Lipinski definition) is 2. The molecule has 1 aliphatic carbocycles. The van der Waals surface area contributed by atoms with Crippen LogP contribution in [0.4, 0.5) is 4.39 Å². The molecule has 2 aliphatic rings. The molecule has 0 saturated heterocycles. The quantitative estimate of drug-likeness (QED) is 0.565. The Hall–Kier alpha value is -2.96. The predicted octanol–water partition coefficient (Wildman–Crippen LogP) is 5.45. The average Bonchev–Trinajstić information content (AvgIpc) is 3.21. The van der Waals surface area contributed by atoms with Gasteiger partial charge in [-0.3, -0.25) is 9.79 Å². The van der Waals surface area contributed by atoms with Crippen LogP contribution in [0.5, 0.6) is 5.88 Å². The highest BCUT2D eigenvalue weighted by atomic mass is 19.1. The molecule has 1 fully saturated rings. The Morgan fingerprint density at radius 1 is 1.15 bits per heavy atom. The van der Waals surface area contributed by atoms with E-state index >= 15 is 0 Å². The first-order valence-electron chi connectivity index (χ1n) is 12.1. The monoisotopic (exact) mass is 467 g/mol. The summed E-state index contributed by atoms with van der Waals surface area (Å²) in [4.78, 5) is 19.8. The third-order valence-electron chi connectivity index (χ3n) is 6.51. The van der Waals surface area contributed by atoms with Crippen molar-refractivity contribution in [2.75, 3.05) is 6.54 Å². The molecule has 1 atom stereocenters. The zero-order valence-electron chi connectivity index (χ0n) is 20.2. The molecule has 1 unspecified atom stereocenters. The predicted molar refractivity (Wildman–Crippen MR) is 131 cm³/mol. The topological polar surface area (TPSA) is 83.8 Å². The number of pyridine rings is 1. The fourth-order valence-corrected chi connectivity index (χ4v) is 4.88. The largest absolute Gasteiger partial charge is 0.481 e. The highest BCUT2D eigenvalue weighted by Gasteiger charge is 2.26. The van der Waals surface area contributed by atoms with Crippen molar-refractivity contribution in [3.8, 4) is 17.0 Å². The molecule has 2 heterocycles. The fourth-order valence-electron chi connectivity index (χ4n) is 4.88. The molecule has 0 bridgehead atoms. The Morgan fingerprint density at radius 3 is 2.50 bits per heavy atom. The fraction of sp³-hybridized carbons (Fsp3) is 0.519. The highest BCUT2D eigenvalue weighted by molar-refractivity contribution is 6.00. The van der Waals surface area contributed by atoms with E-state index in [1.807, 2.05) is 18.2 Å². The zero-order valence-corrected chi connectivity index (χ0v) is 20.2. The van der Waals surface area contributed by atoms with E-state index in [-0.39, 0.29) is 35.7 Å². The number of carboxylic acids is 1. The minimum absolute atomic E-state index is 0.0573. The van der Waals surface area contributed by atoms with Crippen LogP contribution >= 0.6 is 0 Å². The lowest BCUT2D eigenvalue weighted by Gasteiger charge is -2.27. The second kappa shape index (κ2) is 10.1. The van der Waals surface area contributed by atoms with Crippen LogP contribution in [-0.4, -0.2) is 40.6 Å². The van der Waals surface area contributed by atoms with Gasteiger partial charge in [0.2, 0.25) is 5.88 Å². The van der Waals surface area contributed by atoms with E-state index in [1.54, 1.807) is 12.3 Å². The molecular formula is C27H34FN3O3. The summed E-state index contributed by atoms with van der Waals surface area (Å²) in [5.41, 5.74) is 2.24. The molecular weight excluding hydrogens is 433 g/mol. The van der Waals surface area contributed by atoms with E-state index in [4.69, 9.17) is 9.84 Å². The van der Waals surface area contributed by atoms with Gasteiger partial charge in [0, 0.05) is 30.3 Å². The number of halogens is 1. The number of benzene rings is 1. The molecule has 182 valence electrons. The maximum Gasteiger partial charge on any atom is 0.303 e. The van der Waals surface area contributed by atoms with Crippen molar-refractivity contribution in [3.63, 3.8) is 0 Å². The van der Waals surface area contributed by atoms with Gasteiger partial charge in [0.05, 0.1) is 12.1 Å². The molecule has 1 aliphatic heterocycles. The Morgan fingerprint density at radius 2 is 1.88 bits per heavy atom. The van der Waals surface area contributed by atoms with E-state index in [1.165, 1.54) is 6.07 Å². The molecule has 7 heteroatoms. The molecule has 34 heavy (non-hydrogen) atoms. The third kappa shape index (κ3) is 6.33. The first kappa shape index (κ1) is 24.2. The lowest BCUT2D eigenvalue weighted by molar-refractivity contribution is -0.138. The number of rotatable bonds is 7. The molecule has 6 nitrogen and oxygen atoms in total. The summed E-state index contributed by atoms with van der Waals surface area (Å²) in [7, 11) is 0. The van der Waals surface area contributed by atoms with Crippen molar-refractivity contribution in [1.29, 1.82) is 0 Å². The standard InChI is InChI=1S/C27H34FN3O3/c1-27(2,3)14-20-16-30-26(31-20)22-10-6-18(13-23(22)28)19-7-11-24(29-15-19)34-21-8-4-17(5-9-21)12-25(32)33/h6-7,10-11,13,15,17,20-21H,4-5,8-9,12,14,16H2,1-3H3,(H,30,31)(H,32,33). The van der Waals surface area contributed by atoms with Crippen LogP contribution < -0.4 is 10.1 Å². The van der Waals surface area contributed by atoms with Crippen LogP contribution in [0, 0.1) is 17.2 Å². The highest BCUT2D eigenvalue weighted by Crippen LogP contribution is 2.30. The third-order valence-corrected chi connectivity index (χ3v) is 6.51. The average molecular weight is 468 g/mol. The molecule has 1 aromatic carbocycles. The van der Waals surface area contributed by atoms with E-state index in [9.17, 15) is 9.18 Å². The van der Waals surface area contributed by atoms with Crippen molar-refractivity contribution >= 4 is 11.8 Å². The number of ether oxygens (including phenoxy) is 1. The normalized spacial score (nSPS) is 22.7. The minimum atomic E-state index is -0.733. The summed E-state index contributed by atoms with van der Waals surface area (Å²) in [5.74, 6) is 0.359. The zero-order chi connectivity index (χ0) is 24.3. The first-order valence-corrected chi connectivity index (χ1v) is 12.1. The van der Waals surface area contributed by atoms with Crippen LogP contribution in [0.2, 0.25) is 0 Å². The molecule has 0 amide bonds. The SMILES string of the molecule is CC(C)(C)CC1CN=C(c2ccc(-c3ccc(OC4CCC(CC(=O)O)CC4)nc3)cc2F)N1. The summed E-state index contributed by atoms with van der Waals surface area (Å²) < 4.78 is 20.9. The molecule has 2 N–H and O–H groups in total. The summed E-state index contributed by atoms with van der Waals surface area (Å²) in [5, 5.41) is 12.3. The van der Waals surface area contributed by atoms with Crippen LogP contribution in [0.15, 0.2) is 41.5 Å². The molecule has 0 radical (unpaired) electrons. The van der Waals surface area contributed by atoms with Gasteiger partial charge in [-0.15, -0.1) is 0 Å². The van der Waals surface area contributed by atoms with Gasteiger partial charge in [0.25, 0.3) is 0 Å². The van der Waals surface area contributed by atoms with Gasteiger partial charge >= 0.3 is 5.97 Å². The number of aromatic nitrogens is 1. The number of carbonyl (C=O) groups is 1. The van der Waals surface area contributed by atoms with Gasteiger partial charge in [0.1, 0.15) is 17.8 Å². The van der Waals surface area contributed by atoms with Crippen LogP contribution in [0.25, 0.3) is 11.1 Å². The maximum atomic E-state index is 14.9. The molecule has 0 spiro atoms. The van der Waals surface area contributed by atoms with Crippen LogP contribution in [0.3, 0.4) is 0 Å². The van der Waals surface area contributed by atoms with E-state index in [0.717, 1.165) is 43.2 Å². The van der Waals surface area contributed by atoms with Gasteiger partial charge in [-0.2, -0.15) is 0 Å². The van der Waals surface area contributed by atoms with Crippen molar-refractivity contribution in [1.82, 2.24) is 10.3 Å². The summed E-state index contributed by atoms with van der Waals surface area (Å²) in [6.45, 7) is 7.25. The van der Waals surface area contributed by atoms with Gasteiger partial charge in [-0.05, 0) is 67.2 Å². The van der Waals surface area contributed by atoms with E-state index in [0.29, 0.717) is 23.8 Å². The van der Waals surface area contributed by atoms with Crippen LogP contribution in [-0.2, 0) is 4.79 Å². The van der Waals surface area contributed by atoms with E-state index in [2.05, 4.69) is 36.1 Å². The Labute approximate surface area is 200 Å². The van der Waals surface area contributed by atoms with Crippen molar-refractivity contribution < 1.29 is 19.0 Å². The van der Waals surface area contributed by atoms with Crippen molar-refractivity contribution in [2.45, 2.75) is 71.4 Å². The van der Waals surface area contributed by atoms with Gasteiger partial charge < -0.3 is 15.2 Å². The molecule has 2 aromatic rings. The summed E-state index contributed by atoms with van der Waals surface area (Å²) in [6, 6.07) is 9.12. The minimum Gasteiger partial charge on any atom is -0.481 e. The second-order valence-corrected chi connectivity index (χ2v) is 10.7. The van der Waals surface area contributed by atoms with Gasteiger partial charge in [0.15, 0.2) is 0 Å². The van der Waals surface area contributed by atoms with Gasteiger partial charge in [-0.25, -0.2) is 9.37 Å². The lowest BCUT2D eigenvalue weighted by Crippen LogP contribution is -2.34. The number of amidine groups is 1. The maximum absolute atomic E-state index is 14.9. The smallest absolute Gasteiger partial charge is 0.303 e. The van der Waals surface area contributed by atoms with Crippen molar-refractivity contribution in [2.24, 2.45) is 16.3 Å². The Kier molecular flexibility index (Phi) is 7.19. The van der Waals surface area contributed by atoms with E-state index < -0.39 is 5.97 Å². The number of nitrogens with zero attached hydrogens (tertiary/aromatic N) is 2. The Balaban J connectivity index is 1.34. The van der Waals surface area contributed by atoms with Crippen molar-refractivity contribution in [3.05, 3.63) is 47.9 Å². The number of hydrogen-bond acceptors (Lipinski definition) is 5. The number of aliphatic imine (C=N–C) groups is 1. The molecule has 1 aromatic heterocycles. The second-order valence-electron chi connectivity index (χ2n) is 10.7.